The minimum Gasteiger partial charge on any atom is -0.351 e. The molecule has 1 aromatic carbocycles. The number of carbonyl (C=O) groups is 1. The fraction of sp³-hybridized carbons (Fsp3) is 0.182. The lowest BCUT2D eigenvalue weighted by Crippen LogP contribution is -2.19. The molecule has 0 radical (unpaired) electrons. The van der Waals surface area contributed by atoms with E-state index in [0.29, 0.717) is 18.7 Å². The number of amides is 2. The topological polar surface area (TPSA) is 81.1 Å². The molecule has 0 aliphatic carbocycles. The molecule has 0 atom stereocenters. The predicted molar refractivity (Wildman–Crippen MR) is 60.2 cm³/mol. The number of nitrogens with two attached hydrogens (primary N) is 2. The Labute approximate surface area is 88.6 Å². The average molecular weight is 203 g/mol. The summed E-state index contributed by atoms with van der Waals surface area (Å²) in [5.41, 5.74) is 11.8. The molecule has 0 aliphatic rings. The highest BCUT2D eigenvalue weighted by Gasteiger charge is 1.94. The highest BCUT2D eigenvalue weighted by atomic mass is 16.2. The summed E-state index contributed by atoms with van der Waals surface area (Å²) >= 11 is 0. The van der Waals surface area contributed by atoms with Crippen LogP contribution in [0.15, 0.2) is 24.3 Å². The lowest BCUT2D eigenvalue weighted by Gasteiger charge is -2.00. The Kier molecular flexibility index (Phi) is 4.20. The van der Waals surface area contributed by atoms with Crippen molar-refractivity contribution in [3.05, 3.63) is 29.8 Å². The van der Waals surface area contributed by atoms with E-state index >= 15 is 0 Å². The Morgan fingerprint density at radius 3 is 2.53 bits per heavy atom. The molecule has 0 bridgehead atoms. The molecule has 0 fully saturated rings. The molecule has 0 heterocycles. The summed E-state index contributed by atoms with van der Waals surface area (Å²) < 4.78 is 0. The summed E-state index contributed by atoms with van der Waals surface area (Å²) in [6.45, 7) is 0.564. The number of hydrogen-bond acceptors (Lipinski definition) is 2. The number of rotatable bonds is 2. The maximum Gasteiger partial charge on any atom is 0.316 e. The molecule has 0 saturated heterocycles. The van der Waals surface area contributed by atoms with E-state index in [1.54, 1.807) is 12.1 Å². The van der Waals surface area contributed by atoms with Gasteiger partial charge in [-0.25, -0.2) is 4.79 Å². The zero-order chi connectivity index (χ0) is 11.1. The summed E-state index contributed by atoms with van der Waals surface area (Å²) in [7, 11) is 0. The fourth-order valence-electron chi connectivity index (χ4n) is 1.02. The molecule has 78 valence electrons. The van der Waals surface area contributed by atoms with Crippen LogP contribution in [-0.4, -0.2) is 12.6 Å². The van der Waals surface area contributed by atoms with Crippen molar-refractivity contribution in [3.63, 3.8) is 0 Å². The van der Waals surface area contributed by atoms with Crippen LogP contribution in [-0.2, 0) is 0 Å². The monoisotopic (exact) mass is 203 g/mol. The predicted octanol–water partition coefficient (Wildman–Crippen LogP) is 0.878. The summed E-state index contributed by atoms with van der Waals surface area (Å²) in [5, 5.41) is 2.47. The molecule has 15 heavy (non-hydrogen) atoms. The second kappa shape index (κ2) is 5.68. The molecule has 5 N–H and O–H groups in total. The van der Waals surface area contributed by atoms with Crippen LogP contribution in [0.4, 0.5) is 10.5 Å². The summed E-state index contributed by atoms with van der Waals surface area (Å²) in [6.07, 6.45) is 0.682. The lowest BCUT2D eigenvalue weighted by molar-refractivity contribution is 0.259. The molecule has 0 unspecified atom stereocenters. The molecule has 0 spiro atoms. The molecule has 0 aliphatic heterocycles. The van der Waals surface area contributed by atoms with Gasteiger partial charge in [0, 0.05) is 24.2 Å². The van der Waals surface area contributed by atoms with Gasteiger partial charge in [-0.3, -0.25) is 0 Å². The standard InChI is InChI=1S/C11H13N3O/c12-8-2-1-3-9-4-6-10(7-5-9)14-11(13)15/h4-7H,2,8,12H2,(H3,13,14,15). The van der Waals surface area contributed by atoms with Gasteiger partial charge >= 0.3 is 6.03 Å². The van der Waals surface area contributed by atoms with Crippen molar-refractivity contribution in [1.29, 1.82) is 0 Å². The van der Waals surface area contributed by atoms with Crippen LogP contribution in [0.2, 0.25) is 0 Å². The Bertz CT molecular complexity index is 387. The first-order chi connectivity index (χ1) is 7.22. The average Bonchev–Trinajstić information content (AvgIpc) is 2.20. The molecule has 1 rings (SSSR count). The van der Waals surface area contributed by atoms with Gasteiger partial charge in [-0.1, -0.05) is 11.8 Å². The van der Waals surface area contributed by atoms with E-state index in [-0.39, 0.29) is 0 Å². The second-order valence-electron chi connectivity index (χ2n) is 2.91. The van der Waals surface area contributed by atoms with Crippen molar-refractivity contribution in [1.82, 2.24) is 0 Å². The molecular weight excluding hydrogens is 190 g/mol. The van der Waals surface area contributed by atoms with Gasteiger partial charge in [0.15, 0.2) is 0 Å². The van der Waals surface area contributed by atoms with E-state index in [9.17, 15) is 4.79 Å². The van der Waals surface area contributed by atoms with Crippen molar-refractivity contribution >= 4 is 11.7 Å². The van der Waals surface area contributed by atoms with Crippen LogP contribution in [0, 0.1) is 11.8 Å². The van der Waals surface area contributed by atoms with Crippen LogP contribution in [0.25, 0.3) is 0 Å². The molecule has 0 saturated carbocycles. The summed E-state index contributed by atoms with van der Waals surface area (Å²) in [4.78, 5) is 10.5. The largest absolute Gasteiger partial charge is 0.351 e. The fourth-order valence-corrected chi connectivity index (χ4v) is 1.02. The summed E-state index contributed by atoms with van der Waals surface area (Å²) in [5.74, 6) is 5.88. The van der Waals surface area contributed by atoms with Gasteiger partial charge in [-0.05, 0) is 24.3 Å². The third-order valence-electron chi connectivity index (χ3n) is 1.65. The van der Waals surface area contributed by atoms with Gasteiger partial charge in [0.1, 0.15) is 0 Å². The molecule has 2 amide bonds. The highest BCUT2D eigenvalue weighted by Crippen LogP contribution is 2.07. The Balaban J connectivity index is 2.65. The smallest absolute Gasteiger partial charge is 0.316 e. The number of anilines is 1. The SMILES string of the molecule is NCCC#Cc1ccc(NC(N)=O)cc1. The van der Waals surface area contributed by atoms with Crippen molar-refractivity contribution in [3.8, 4) is 11.8 Å². The maximum atomic E-state index is 10.5. The van der Waals surface area contributed by atoms with Crippen molar-refractivity contribution in [2.45, 2.75) is 6.42 Å². The van der Waals surface area contributed by atoms with Gasteiger partial charge in [0.2, 0.25) is 0 Å². The quantitative estimate of drug-likeness (QED) is 0.623. The Morgan fingerprint density at radius 2 is 2.00 bits per heavy atom. The number of urea groups is 1. The van der Waals surface area contributed by atoms with Gasteiger partial charge in [0.05, 0.1) is 0 Å². The number of carbonyl (C=O) groups excluding carboxylic acids is 1. The zero-order valence-electron chi connectivity index (χ0n) is 8.29. The van der Waals surface area contributed by atoms with E-state index in [1.165, 1.54) is 0 Å². The second-order valence-corrected chi connectivity index (χ2v) is 2.91. The van der Waals surface area contributed by atoms with E-state index in [2.05, 4.69) is 17.2 Å². The molecule has 4 nitrogen and oxygen atoms in total. The maximum absolute atomic E-state index is 10.5. The van der Waals surface area contributed by atoms with Crippen LogP contribution >= 0.6 is 0 Å². The van der Waals surface area contributed by atoms with Crippen LogP contribution in [0.3, 0.4) is 0 Å². The third kappa shape index (κ3) is 4.16. The number of benzene rings is 1. The van der Waals surface area contributed by atoms with E-state index in [1.807, 2.05) is 12.1 Å². The van der Waals surface area contributed by atoms with Gasteiger partial charge in [-0.2, -0.15) is 0 Å². The van der Waals surface area contributed by atoms with E-state index in [0.717, 1.165) is 5.56 Å². The van der Waals surface area contributed by atoms with Crippen molar-refractivity contribution in [2.24, 2.45) is 11.5 Å². The number of hydrogen-bond donors (Lipinski definition) is 3. The van der Waals surface area contributed by atoms with E-state index < -0.39 is 6.03 Å². The van der Waals surface area contributed by atoms with Crippen LogP contribution < -0.4 is 16.8 Å². The Morgan fingerprint density at radius 1 is 1.33 bits per heavy atom. The number of nitrogens with one attached hydrogen (secondary N) is 1. The van der Waals surface area contributed by atoms with Crippen LogP contribution in [0.5, 0.6) is 0 Å². The molecule has 0 aromatic heterocycles. The summed E-state index contributed by atoms with van der Waals surface area (Å²) in [6, 6.07) is 6.55. The molecule has 1 aromatic rings. The zero-order valence-corrected chi connectivity index (χ0v) is 8.29. The first-order valence-electron chi connectivity index (χ1n) is 4.58. The van der Waals surface area contributed by atoms with Gasteiger partial charge in [0.25, 0.3) is 0 Å². The lowest BCUT2D eigenvalue weighted by atomic mass is 10.2. The van der Waals surface area contributed by atoms with Crippen molar-refractivity contribution in [2.75, 3.05) is 11.9 Å². The van der Waals surface area contributed by atoms with Gasteiger partial charge < -0.3 is 16.8 Å². The molecular formula is C11H13N3O. The van der Waals surface area contributed by atoms with E-state index in [4.69, 9.17) is 11.5 Å². The Hall–Kier alpha value is -1.99. The van der Waals surface area contributed by atoms with Crippen LogP contribution in [0.1, 0.15) is 12.0 Å². The van der Waals surface area contributed by atoms with Gasteiger partial charge in [-0.15, -0.1) is 0 Å². The van der Waals surface area contributed by atoms with Crippen molar-refractivity contribution < 1.29 is 4.79 Å². The highest BCUT2D eigenvalue weighted by molar-refractivity contribution is 5.87. The minimum atomic E-state index is -0.572. The third-order valence-corrected chi connectivity index (χ3v) is 1.65. The minimum absolute atomic E-state index is 0.564. The first kappa shape index (κ1) is 11.1. The normalized spacial score (nSPS) is 8.87. The first-order valence-corrected chi connectivity index (χ1v) is 4.58. The molecule has 4 heteroatoms. The number of primary amides is 1.